The second kappa shape index (κ2) is 9.72. The molecule has 0 atom stereocenters. The van der Waals surface area contributed by atoms with Gasteiger partial charge in [-0.05, 0) is 75.7 Å². The van der Waals surface area contributed by atoms with Crippen LogP contribution in [-0.2, 0) is 6.18 Å². The molecule has 3 fully saturated rings. The van der Waals surface area contributed by atoms with E-state index in [1.54, 1.807) is 16.9 Å². The Balaban J connectivity index is 1.28. The maximum atomic E-state index is 13.4. The number of amides is 1. The Morgan fingerprint density at radius 2 is 1.68 bits per heavy atom. The molecule has 5 nitrogen and oxygen atoms in total. The highest BCUT2D eigenvalue weighted by atomic mass is 19.4. The van der Waals surface area contributed by atoms with Crippen LogP contribution in [0, 0.1) is 5.92 Å². The third-order valence-corrected chi connectivity index (χ3v) is 7.54. The van der Waals surface area contributed by atoms with Crippen LogP contribution in [0.25, 0.3) is 5.69 Å². The summed E-state index contributed by atoms with van der Waals surface area (Å²) in [6.45, 7) is 4.98. The molecule has 2 aliphatic heterocycles. The molecule has 34 heavy (non-hydrogen) atoms. The molecule has 184 valence electrons. The fourth-order valence-corrected chi connectivity index (χ4v) is 5.46. The summed E-state index contributed by atoms with van der Waals surface area (Å²) in [5.74, 6) is 0.766. The third-order valence-electron chi connectivity index (χ3n) is 7.54. The summed E-state index contributed by atoms with van der Waals surface area (Å²) in [6.07, 6.45) is 6.26. The van der Waals surface area contributed by atoms with E-state index in [1.165, 1.54) is 44.8 Å². The van der Waals surface area contributed by atoms with Gasteiger partial charge in [0.15, 0.2) is 0 Å². The minimum absolute atomic E-state index is 0.0339. The van der Waals surface area contributed by atoms with Crippen molar-refractivity contribution in [2.75, 3.05) is 32.7 Å². The molecule has 3 heterocycles. The predicted octanol–water partition coefficient (Wildman–Crippen LogP) is 5.50. The molecule has 2 aromatic rings. The third kappa shape index (κ3) is 5.16. The van der Waals surface area contributed by atoms with Crippen LogP contribution in [-0.4, -0.2) is 58.2 Å². The molecule has 8 heteroatoms. The highest BCUT2D eigenvalue weighted by molar-refractivity contribution is 5.95. The first-order valence-electron chi connectivity index (χ1n) is 12.7. The maximum absolute atomic E-state index is 13.4. The van der Waals surface area contributed by atoms with E-state index in [4.69, 9.17) is 0 Å². The molecule has 5 rings (SSSR count). The van der Waals surface area contributed by atoms with Crippen LogP contribution < -0.4 is 0 Å². The van der Waals surface area contributed by atoms with Gasteiger partial charge in [-0.25, -0.2) is 4.68 Å². The largest absolute Gasteiger partial charge is 0.416 e. The van der Waals surface area contributed by atoms with Crippen LogP contribution in [0.1, 0.15) is 78.9 Å². The first-order chi connectivity index (χ1) is 16.4. The van der Waals surface area contributed by atoms with Gasteiger partial charge in [0.1, 0.15) is 0 Å². The van der Waals surface area contributed by atoms with Gasteiger partial charge in [0.25, 0.3) is 5.91 Å². The van der Waals surface area contributed by atoms with E-state index >= 15 is 0 Å². The van der Waals surface area contributed by atoms with Crippen molar-refractivity contribution in [1.29, 1.82) is 0 Å². The van der Waals surface area contributed by atoms with Crippen molar-refractivity contribution >= 4 is 5.91 Å². The van der Waals surface area contributed by atoms with Gasteiger partial charge in [-0.3, -0.25) is 4.79 Å². The smallest absolute Gasteiger partial charge is 0.339 e. The summed E-state index contributed by atoms with van der Waals surface area (Å²) in [4.78, 5) is 18.0. The quantitative estimate of drug-likeness (QED) is 0.575. The number of benzene rings is 1. The maximum Gasteiger partial charge on any atom is 0.416 e. The fraction of sp³-hybridized carbons (Fsp3) is 0.615. The Kier molecular flexibility index (Phi) is 6.69. The van der Waals surface area contributed by atoms with Gasteiger partial charge in [-0.2, -0.15) is 18.3 Å². The molecular formula is C26H33F3N4O. The molecule has 0 bridgehead atoms. The molecule has 1 amide bonds. The molecular weight excluding hydrogens is 441 g/mol. The van der Waals surface area contributed by atoms with E-state index in [1.807, 2.05) is 4.90 Å². The lowest BCUT2D eigenvalue weighted by Gasteiger charge is -2.34. The van der Waals surface area contributed by atoms with Gasteiger partial charge in [0.2, 0.25) is 0 Å². The van der Waals surface area contributed by atoms with Crippen LogP contribution >= 0.6 is 0 Å². The van der Waals surface area contributed by atoms with E-state index in [0.29, 0.717) is 17.2 Å². The number of aromatic nitrogens is 2. The minimum Gasteiger partial charge on any atom is -0.339 e. The monoisotopic (exact) mass is 474 g/mol. The molecule has 1 saturated carbocycles. The first-order valence-corrected chi connectivity index (χ1v) is 12.7. The molecule has 1 aromatic heterocycles. The van der Waals surface area contributed by atoms with Gasteiger partial charge in [-0.15, -0.1) is 0 Å². The molecule has 0 radical (unpaired) electrons. The van der Waals surface area contributed by atoms with Crippen LogP contribution in [0.4, 0.5) is 13.2 Å². The lowest BCUT2D eigenvalue weighted by molar-refractivity contribution is -0.137. The van der Waals surface area contributed by atoms with Crippen LogP contribution in [0.5, 0.6) is 0 Å². The van der Waals surface area contributed by atoms with Crippen LogP contribution in [0.15, 0.2) is 30.5 Å². The summed E-state index contributed by atoms with van der Waals surface area (Å²) in [5, 5.41) is 4.38. The number of carbonyl (C=O) groups excluding carboxylic acids is 1. The molecule has 1 aliphatic carbocycles. The number of rotatable bonds is 5. The van der Waals surface area contributed by atoms with Crippen molar-refractivity contribution in [3.05, 3.63) is 47.3 Å². The van der Waals surface area contributed by atoms with E-state index in [0.717, 1.165) is 63.1 Å². The van der Waals surface area contributed by atoms with E-state index in [9.17, 15) is 18.0 Å². The number of likely N-dealkylation sites (tertiary alicyclic amines) is 2. The first kappa shape index (κ1) is 23.4. The van der Waals surface area contributed by atoms with E-state index < -0.39 is 11.7 Å². The lowest BCUT2D eigenvalue weighted by atomic mass is 9.95. The zero-order valence-corrected chi connectivity index (χ0v) is 19.6. The predicted molar refractivity (Wildman–Crippen MR) is 124 cm³/mol. The fourth-order valence-electron chi connectivity index (χ4n) is 5.46. The Morgan fingerprint density at radius 3 is 2.32 bits per heavy atom. The Bertz CT molecular complexity index is 998. The highest BCUT2D eigenvalue weighted by Crippen LogP contribution is 2.43. The van der Waals surface area contributed by atoms with E-state index in [-0.39, 0.29) is 11.8 Å². The number of nitrogens with zero attached hydrogens (tertiary/aromatic N) is 4. The molecule has 2 saturated heterocycles. The average Bonchev–Trinajstić information content (AvgIpc) is 3.62. The normalized spacial score (nSPS) is 21.0. The zero-order chi connectivity index (χ0) is 23.7. The molecule has 1 aromatic carbocycles. The lowest BCUT2D eigenvalue weighted by Crippen LogP contribution is -2.42. The molecule has 0 N–H and O–H groups in total. The minimum atomic E-state index is -4.42. The second-order valence-corrected chi connectivity index (χ2v) is 10.1. The Hall–Kier alpha value is -2.35. The summed E-state index contributed by atoms with van der Waals surface area (Å²) < 4.78 is 41.3. The van der Waals surface area contributed by atoms with Gasteiger partial charge in [0, 0.05) is 25.6 Å². The number of carbonyl (C=O) groups is 1. The van der Waals surface area contributed by atoms with Crippen molar-refractivity contribution in [3.8, 4) is 5.69 Å². The number of alkyl halides is 3. The van der Waals surface area contributed by atoms with Gasteiger partial charge < -0.3 is 9.80 Å². The van der Waals surface area contributed by atoms with Crippen LogP contribution in [0.2, 0.25) is 0 Å². The molecule has 0 unspecified atom stereocenters. The Morgan fingerprint density at radius 1 is 0.971 bits per heavy atom. The second-order valence-electron chi connectivity index (χ2n) is 10.1. The van der Waals surface area contributed by atoms with Gasteiger partial charge in [-0.1, -0.05) is 18.9 Å². The van der Waals surface area contributed by atoms with Gasteiger partial charge in [0.05, 0.1) is 28.7 Å². The summed E-state index contributed by atoms with van der Waals surface area (Å²) in [5.41, 5.74) is 0.954. The average molecular weight is 475 g/mol. The summed E-state index contributed by atoms with van der Waals surface area (Å²) in [6, 6.07) is 5.19. The van der Waals surface area contributed by atoms with Crippen molar-refractivity contribution in [1.82, 2.24) is 19.6 Å². The summed E-state index contributed by atoms with van der Waals surface area (Å²) >= 11 is 0. The highest BCUT2D eigenvalue weighted by Gasteiger charge is 2.36. The van der Waals surface area contributed by atoms with E-state index in [2.05, 4.69) is 10.00 Å². The number of hydrogen-bond acceptors (Lipinski definition) is 3. The van der Waals surface area contributed by atoms with Crippen molar-refractivity contribution in [3.63, 3.8) is 0 Å². The summed E-state index contributed by atoms with van der Waals surface area (Å²) in [7, 11) is 0. The Labute approximate surface area is 198 Å². The molecule has 3 aliphatic rings. The van der Waals surface area contributed by atoms with Gasteiger partial charge >= 0.3 is 6.18 Å². The van der Waals surface area contributed by atoms with Crippen molar-refractivity contribution in [2.24, 2.45) is 5.92 Å². The number of piperidine rings is 1. The molecule has 0 spiro atoms. The standard InChI is InChI=1S/C26H33F3N4O/c27-26(28,29)21-6-5-7-22(16-21)33-24(20-8-9-20)23(17-30-33)25(34)32-14-10-19(11-15-32)18-31-12-3-1-2-4-13-31/h5-7,16-17,19-20H,1-4,8-15,18H2. The van der Waals surface area contributed by atoms with Crippen LogP contribution in [0.3, 0.4) is 0 Å². The zero-order valence-electron chi connectivity index (χ0n) is 19.6. The van der Waals surface area contributed by atoms with Crippen molar-refractivity contribution in [2.45, 2.75) is 63.5 Å². The number of hydrogen-bond donors (Lipinski definition) is 0. The topological polar surface area (TPSA) is 41.4 Å². The SMILES string of the molecule is O=C(c1cnn(-c2cccc(C(F)(F)F)c2)c1C1CC1)N1CCC(CN2CCCCCC2)CC1. The van der Waals surface area contributed by atoms with Crippen molar-refractivity contribution < 1.29 is 18.0 Å². The number of halogens is 3.